The monoisotopic (exact) mass is 289 g/mol. The molecule has 0 aromatic heterocycles. The van der Waals surface area contributed by atoms with Crippen molar-refractivity contribution in [2.45, 2.75) is 44.2 Å². The van der Waals surface area contributed by atoms with E-state index in [1.165, 1.54) is 19.3 Å². The fraction of sp³-hybridized carbons (Fsp3) is 0.588. The summed E-state index contributed by atoms with van der Waals surface area (Å²) in [6, 6.07) is 9.84. The Kier molecular flexibility index (Phi) is 4.44. The quantitative estimate of drug-likeness (QED) is 0.905. The largest absolute Gasteiger partial charge is 0.492 e. The molecule has 3 atom stereocenters. The van der Waals surface area contributed by atoms with Gasteiger partial charge in [0, 0.05) is 12.6 Å². The third-order valence-corrected chi connectivity index (χ3v) is 4.87. The molecule has 2 fully saturated rings. The highest BCUT2D eigenvalue weighted by Gasteiger charge is 2.44. The molecule has 4 heteroatoms. The molecule has 0 spiro atoms. The molecule has 0 bridgehead atoms. The van der Waals surface area contributed by atoms with Crippen LogP contribution in [0.2, 0.25) is 0 Å². The van der Waals surface area contributed by atoms with E-state index in [1.807, 2.05) is 30.3 Å². The Balaban J connectivity index is 1.60. The van der Waals surface area contributed by atoms with Crippen molar-refractivity contribution in [3.05, 3.63) is 30.3 Å². The lowest BCUT2D eigenvalue weighted by molar-refractivity contribution is -0.142. The summed E-state index contributed by atoms with van der Waals surface area (Å²) in [6.45, 7) is 1.25. The molecule has 1 heterocycles. The first kappa shape index (κ1) is 14.4. The van der Waals surface area contributed by atoms with Crippen LogP contribution in [0.4, 0.5) is 0 Å². The SMILES string of the molecule is O=C(O)[C@@H]1C[C@H]2CCCC[C@@H]2N1CCOc1ccccc1. The molecule has 0 unspecified atom stereocenters. The van der Waals surface area contributed by atoms with Crippen LogP contribution in [0.1, 0.15) is 32.1 Å². The second-order valence-corrected chi connectivity index (χ2v) is 6.10. The number of likely N-dealkylation sites (tertiary alicyclic amines) is 1. The molecule has 1 saturated carbocycles. The third-order valence-electron chi connectivity index (χ3n) is 4.87. The van der Waals surface area contributed by atoms with Gasteiger partial charge < -0.3 is 9.84 Å². The third kappa shape index (κ3) is 3.21. The minimum atomic E-state index is -0.677. The van der Waals surface area contributed by atoms with Gasteiger partial charge in [0.15, 0.2) is 0 Å². The molecule has 3 rings (SSSR count). The van der Waals surface area contributed by atoms with Crippen molar-refractivity contribution in [2.24, 2.45) is 5.92 Å². The summed E-state index contributed by atoms with van der Waals surface area (Å²) in [5.41, 5.74) is 0. The van der Waals surface area contributed by atoms with Gasteiger partial charge in [-0.1, -0.05) is 31.0 Å². The van der Waals surface area contributed by atoms with Crippen molar-refractivity contribution < 1.29 is 14.6 Å². The van der Waals surface area contributed by atoms with Crippen molar-refractivity contribution >= 4 is 5.97 Å². The zero-order valence-corrected chi connectivity index (χ0v) is 12.3. The summed E-state index contributed by atoms with van der Waals surface area (Å²) in [5.74, 6) is 0.740. The summed E-state index contributed by atoms with van der Waals surface area (Å²) < 4.78 is 5.74. The van der Waals surface area contributed by atoms with Gasteiger partial charge in [0.05, 0.1) is 0 Å². The Labute approximate surface area is 125 Å². The molecule has 114 valence electrons. The molecule has 0 amide bonds. The zero-order chi connectivity index (χ0) is 14.7. The van der Waals surface area contributed by atoms with Crippen molar-refractivity contribution in [1.29, 1.82) is 0 Å². The lowest BCUT2D eigenvalue weighted by Crippen LogP contribution is -2.44. The molecule has 1 aliphatic heterocycles. The van der Waals surface area contributed by atoms with E-state index in [-0.39, 0.29) is 6.04 Å². The number of fused-ring (bicyclic) bond motifs is 1. The van der Waals surface area contributed by atoms with E-state index in [1.54, 1.807) is 0 Å². The van der Waals surface area contributed by atoms with E-state index < -0.39 is 5.97 Å². The van der Waals surface area contributed by atoms with Gasteiger partial charge in [-0.25, -0.2) is 0 Å². The van der Waals surface area contributed by atoms with Crippen molar-refractivity contribution in [1.82, 2.24) is 4.90 Å². The van der Waals surface area contributed by atoms with Gasteiger partial charge in [0.1, 0.15) is 18.4 Å². The second kappa shape index (κ2) is 6.48. The van der Waals surface area contributed by atoms with Crippen molar-refractivity contribution in [3.8, 4) is 5.75 Å². The van der Waals surface area contributed by atoms with E-state index in [2.05, 4.69) is 4.90 Å². The maximum Gasteiger partial charge on any atom is 0.320 e. The number of hydrogen-bond acceptors (Lipinski definition) is 3. The first-order chi connectivity index (χ1) is 10.3. The van der Waals surface area contributed by atoms with Gasteiger partial charge in [0.25, 0.3) is 0 Å². The average molecular weight is 289 g/mol. The van der Waals surface area contributed by atoms with Crippen LogP contribution in [0.25, 0.3) is 0 Å². The van der Waals surface area contributed by atoms with Gasteiger partial charge in [-0.15, -0.1) is 0 Å². The zero-order valence-electron chi connectivity index (χ0n) is 12.3. The molecule has 1 saturated heterocycles. The van der Waals surface area contributed by atoms with Gasteiger partial charge in [-0.2, -0.15) is 0 Å². The van der Waals surface area contributed by atoms with Gasteiger partial charge >= 0.3 is 5.97 Å². The van der Waals surface area contributed by atoms with Crippen LogP contribution in [0, 0.1) is 5.92 Å². The number of ether oxygens (including phenoxy) is 1. The average Bonchev–Trinajstić information content (AvgIpc) is 2.88. The van der Waals surface area contributed by atoms with Gasteiger partial charge in [0.2, 0.25) is 0 Å². The first-order valence-electron chi connectivity index (χ1n) is 7.92. The van der Waals surface area contributed by atoms with Crippen LogP contribution in [-0.4, -0.2) is 41.2 Å². The fourth-order valence-corrected chi connectivity index (χ4v) is 3.90. The maximum atomic E-state index is 11.5. The Morgan fingerprint density at radius 1 is 1.24 bits per heavy atom. The van der Waals surface area contributed by atoms with E-state index in [4.69, 9.17) is 4.74 Å². The molecule has 21 heavy (non-hydrogen) atoms. The molecule has 2 aliphatic rings. The molecular formula is C17H23NO3. The second-order valence-electron chi connectivity index (χ2n) is 6.10. The van der Waals surface area contributed by atoms with E-state index in [0.29, 0.717) is 25.1 Å². The van der Waals surface area contributed by atoms with Crippen molar-refractivity contribution in [2.75, 3.05) is 13.2 Å². The van der Waals surface area contributed by atoms with E-state index >= 15 is 0 Å². The van der Waals surface area contributed by atoms with E-state index in [0.717, 1.165) is 18.6 Å². The molecule has 1 aromatic carbocycles. The normalized spacial score (nSPS) is 29.0. The number of rotatable bonds is 5. The van der Waals surface area contributed by atoms with Crippen molar-refractivity contribution in [3.63, 3.8) is 0 Å². The molecule has 0 radical (unpaired) electrons. The van der Waals surface area contributed by atoms with Crippen LogP contribution in [0.5, 0.6) is 5.75 Å². The number of carboxylic acids is 1. The van der Waals surface area contributed by atoms with Crippen LogP contribution in [0.15, 0.2) is 30.3 Å². The summed E-state index contributed by atoms with van der Waals surface area (Å²) in [7, 11) is 0. The number of aliphatic carboxylic acids is 1. The van der Waals surface area contributed by atoms with Crippen LogP contribution < -0.4 is 4.74 Å². The Bertz CT molecular complexity index is 476. The molecule has 4 nitrogen and oxygen atoms in total. The number of hydrogen-bond donors (Lipinski definition) is 1. The molecule has 1 aromatic rings. The predicted octanol–water partition coefficient (Wildman–Crippen LogP) is 2.78. The minimum Gasteiger partial charge on any atom is -0.492 e. The predicted molar refractivity (Wildman–Crippen MR) is 80.4 cm³/mol. The van der Waals surface area contributed by atoms with E-state index in [9.17, 15) is 9.90 Å². The van der Waals surface area contributed by atoms with Crippen LogP contribution in [-0.2, 0) is 4.79 Å². The lowest BCUT2D eigenvalue weighted by atomic mass is 9.85. The highest BCUT2D eigenvalue weighted by molar-refractivity contribution is 5.74. The smallest absolute Gasteiger partial charge is 0.320 e. The Hall–Kier alpha value is -1.55. The minimum absolute atomic E-state index is 0.322. The number of para-hydroxylation sites is 1. The first-order valence-corrected chi connectivity index (χ1v) is 7.92. The maximum absolute atomic E-state index is 11.5. The lowest BCUT2D eigenvalue weighted by Gasteiger charge is -2.32. The summed E-state index contributed by atoms with van der Waals surface area (Å²) in [5, 5.41) is 9.46. The molecule has 1 aliphatic carbocycles. The number of carboxylic acid groups (broad SMARTS) is 1. The molecule has 1 N–H and O–H groups in total. The standard InChI is InChI=1S/C17H23NO3/c19-17(20)16-12-13-6-4-5-9-15(13)18(16)10-11-21-14-7-2-1-3-8-14/h1-3,7-8,13,15-16H,4-6,9-12H2,(H,19,20)/t13-,15+,16+/m1/s1. The number of benzene rings is 1. The fourth-order valence-electron chi connectivity index (χ4n) is 3.90. The summed E-state index contributed by atoms with van der Waals surface area (Å²) >= 11 is 0. The molecular weight excluding hydrogens is 266 g/mol. The Morgan fingerprint density at radius 3 is 2.76 bits per heavy atom. The summed E-state index contributed by atoms with van der Waals surface area (Å²) in [4.78, 5) is 13.7. The topological polar surface area (TPSA) is 49.8 Å². The van der Waals surface area contributed by atoms with Gasteiger partial charge in [-0.05, 0) is 37.3 Å². The van der Waals surface area contributed by atoms with Crippen LogP contribution >= 0.6 is 0 Å². The highest BCUT2D eigenvalue weighted by atomic mass is 16.5. The highest BCUT2D eigenvalue weighted by Crippen LogP contribution is 2.39. The summed E-state index contributed by atoms with van der Waals surface area (Å²) in [6.07, 6.45) is 5.61. The van der Waals surface area contributed by atoms with Crippen LogP contribution in [0.3, 0.4) is 0 Å². The number of carbonyl (C=O) groups is 1. The van der Waals surface area contributed by atoms with Gasteiger partial charge in [-0.3, -0.25) is 9.69 Å². The number of nitrogens with zero attached hydrogens (tertiary/aromatic N) is 1. The Morgan fingerprint density at radius 2 is 2.00 bits per heavy atom.